The van der Waals surface area contributed by atoms with E-state index < -0.39 is 12.1 Å². The van der Waals surface area contributed by atoms with E-state index in [1.165, 1.54) is 19.3 Å². The van der Waals surface area contributed by atoms with E-state index in [0.717, 1.165) is 12.3 Å². The van der Waals surface area contributed by atoms with Crippen LogP contribution in [0.25, 0.3) is 0 Å². The third kappa shape index (κ3) is 3.19. The summed E-state index contributed by atoms with van der Waals surface area (Å²) in [6.45, 7) is 1.04. The van der Waals surface area contributed by atoms with Crippen LogP contribution in [0.5, 0.6) is 0 Å². The molecule has 0 aromatic heterocycles. The van der Waals surface area contributed by atoms with Gasteiger partial charge in [0.2, 0.25) is 5.91 Å². The molecule has 0 spiro atoms. The second-order valence-corrected chi connectivity index (χ2v) is 4.87. The molecular formula is C12H19NO4. The molecule has 2 aliphatic rings. The van der Waals surface area contributed by atoms with Gasteiger partial charge in [0.25, 0.3) is 0 Å². The largest absolute Gasteiger partial charge is 0.479 e. The molecular weight excluding hydrogens is 222 g/mol. The van der Waals surface area contributed by atoms with E-state index in [-0.39, 0.29) is 12.5 Å². The molecule has 1 saturated carbocycles. The van der Waals surface area contributed by atoms with Gasteiger partial charge in [-0.25, -0.2) is 4.79 Å². The van der Waals surface area contributed by atoms with Crippen molar-refractivity contribution in [2.45, 2.75) is 38.2 Å². The first-order valence-corrected chi connectivity index (χ1v) is 6.29. The van der Waals surface area contributed by atoms with Gasteiger partial charge in [-0.15, -0.1) is 0 Å². The minimum atomic E-state index is -0.985. The van der Waals surface area contributed by atoms with Crippen molar-refractivity contribution < 1.29 is 19.4 Å². The van der Waals surface area contributed by atoms with Crippen LogP contribution < -0.4 is 0 Å². The molecule has 1 saturated heterocycles. The molecule has 96 valence electrons. The Bertz CT molecular complexity index is 301. The number of amides is 1. The highest BCUT2D eigenvalue weighted by Crippen LogP contribution is 2.30. The number of ether oxygens (including phenoxy) is 1. The van der Waals surface area contributed by atoms with Crippen LogP contribution in [-0.2, 0) is 14.3 Å². The van der Waals surface area contributed by atoms with Crippen LogP contribution in [0.3, 0.4) is 0 Å². The molecule has 0 bridgehead atoms. The zero-order valence-electron chi connectivity index (χ0n) is 9.93. The van der Waals surface area contributed by atoms with Crippen LogP contribution in [0.15, 0.2) is 0 Å². The number of rotatable bonds is 4. The summed E-state index contributed by atoms with van der Waals surface area (Å²) in [5, 5.41) is 8.84. The molecule has 2 fully saturated rings. The van der Waals surface area contributed by atoms with Crippen LogP contribution in [0, 0.1) is 5.92 Å². The number of carboxylic acid groups (broad SMARTS) is 1. The zero-order chi connectivity index (χ0) is 12.3. The van der Waals surface area contributed by atoms with E-state index in [1.54, 1.807) is 4.90 Å². The molecule has 1 unspecified atom stereocenters. The van der Waals surface area contributed by atoms with E-state index >= 15 is 0 Å². The molecule has 0 aromatic carbocycles. The van der Waals surface area contributed by atoms with Crippen molar-refractivity contribution in [1.82, 2.24) is 4.90 Å². The smallest absolute Gasteiger partial charge is 0.334 e. The highest BCUT2D eigenvalue weighted by atomic mass is 16.5. The number of aliphatic carboxylic acids is 1. The second-order valence-electron chi connectivity index (χ2n) is 4.87. The zero-order valence-corrected chi connectivity index (χ0v) is 9.93. The fourth-order valence-electron chi connectivity index (χ4n) is 2.29. The van der Waals surface area contributed by atoms with Gasteiger partial charge >= 0.3 is 5.97 Å². The van der Waals surface area contributed by atoms with Crippen LogP contribution in [0.2, 0.25) is 0 Å². The third-order valence-corrected chi connectivity index (χ3v) is 3.69. The lowest BCUT2D eigenvalue weighted by Gasteiger charge is -2.32. The summed E-state index contributed by atoms with van der Waals surface area (Å²) >= 11 is 0. The molecule has 1 amide bonds. The number of nitrogens with zero attached hydrogens (tertiary/aromatic N) is 1. The minimum Gasteiger partial charge on any atom is -0.479 e. The number of carbonyl (C=O) groups is 2. The summed E-state index contributed by atoms with van der Waals surface area (Å²) in [5.41, 5.74) is 0. The topological polar surface area (TPSA) is 66.8 Å². The van der Waals surface area contributed by atoms with E-state index in [4.69, 9.17) is 9.84 Å². The molecule has 1 atom stereocenters. The lowest BCUT2D eigenvalue weighted by molar-refractivity contribution is -0.159. The van der Waals surface area contributed by atoms with Crippen molar-refractivity contribution in [3.8, 4) is 0 Å². The molecule has 1 heterocycles. The maximum atomic E-state index is 11.9. The summed E-state index contributed by atoms with van der Waals surface area (Å²) in [4.78, 5) is 24.3. The minimum absolute atomic E-state index is 0.0754. The lowest BCUT2D eigenvalue weighted by Crippen LogP contribution is -2.48. The summed E-state index contributed by atoms with van der Waals surface area (Å²) in [5.74, 6) is -0.191. The molecule has 17 heavy (non-hydrogen) atoms. The van der Waals surface area contributed by atoms with E-state index in [1.807, 2.05) is 0 Å². The molecule has 0 aromatic rings. The Kier molecular flexibility index (Phi) is 3.99. The Morgan fingerprint density at radius 3 is 2.71 bits per heavy atom. The SMILES string of the molecule is O=C(O)C1CN(C(=O)CCC2CCC2)CCO1. The Morgan fingerprint density at radius 1 is 1.35 bits per heavy atom. The van der Waals surface area contributed by atoms with Gasteiger partial charge in [0.15, 0.2) is 6.10 Å². The summed E-state index contributed by atoms with van der Waals surface area (Å²) in [6, 6.07) is 0. The highest BCUT2D eigenvalue weighted by Gasteiger charge is 2.29. The van der Waals surface area contributed by atoms with Crippen LogP contribution in [0.1, 0.15) is 32.1 Å². The Morgan fingerprint density at radius 2 is 2.12 bits per heavy atom. The highest BCUT2D eigenvalue weighted by molar-refractivity contribution is 5.78. The van der Waals surface area contributed by atoms with Crippen molar-refractivity contribution in [2.75, 3.05) is 19.7 Å². The maximum absolute atomic E-state index is 11.9. The number of hydrogen-bond donors (Lipinski definition) is 1. The van der Waals surface area contributed by atoms with Gasteiger partial charge < -0.3 is 14.7 Å². The van der Waals surface area contributed by atoms with Gasteiger partial charge in [0.1, 0.15) is 0 Å². The number of morpholine rings is 1. The molecule has 5 heteroatoms. The molecule has 1 N–H and O–H groups in total. The second kappa shape index (κ2) is 5.49. The normalized spacial score (nSPS) is 25.4. The molecule has 1 aliphatic carbocycles. The third-order valence-electron chi connectivity index (χ3n) is 3.69. The lowest BCUT2D eigenvalue weighted by atomic mass is 9.82. The van der Waals surface area contributed by atoms with Crippen molar-refractivity contribution in [2.24, 2.45) is 5.92 Å². The summed E-state index contributed by atoms with van der Waals surface area (Å²) in [6.07, 6.45) is 4.43. The van der Waals surface area contributed by atoms with Gasteiger partial charge in [0, 0.05) is 13.0 Å². The average molecular weight is 241 g/mol. The Balaban J connectivity index is 1.75. The van der Waals surface area contributed by atoms with Gasteiger partial charge in [-0.2, -0.15) is 0 Å². The fourth-order valence-corrected chi connectivity index (χ4v) is 2.29. The average Bonchev–Trinajstić information content (AvgIpc) is 2.27. The predicted molar refractivity (Wildman–Crippen MR) is 60.5 cm³/mol. The maximum Gasteiger partial charge on any atom is 0.334 e. The number of carbonyl (C=O) groups excluding carboxylic acids is 1. The van der Waals surface area contributed by atoms with Gasteiger partial charge in [-0.3, -0.25) is 4.79 Å². The molecule has 2 rings (SSSR count). The summed E-state index contributed by atoms with van der Waals surface area (Å²) < 4.78 is 5.08. The van der Waals surface area contributed by atoms with E-state index in [9.17, 15) is 9.59 Å². The summed E-state index contributed by atoms with van der Waals surface area (Å²) in [7, 11) is 0. The van der Waals surface area contributed by atoms with Crippen molar-refractivity contribution in [3.63, 3.8) is 0 Å². The first-order valence-electron chi connectivity index (χ1n) is 6.29. The van der Waals surface area contributed by atoms with Crippen molar-refractivity contribution in [3.05, 3.63) is 0 Å². The molecule has 5 nitrogen and oxygen atoms in total. The molecule has 0 radical (unpaired) electrons. The Hall–Kier alpha value is -1.10. The fraction of sp³-hybridized carbons (Fsp3) is 0.833. The first-order chi connectivity index (χ1) is 8.16. The van der Waals surface area contributed by atoms with E-state index in [0.29, 0.717) is 19.6 Å². The van der Waals surface area contributed by atoms with Crippen LogP contribution in [0.4, 0.5) is 0 Å². The van der Waals surface area contributed by atoms with E-state index in [2.05, 4.69) is 0 Å². The standard InChI is InChI=1S/C12H19NO4/c14-11(5-4-9-2-1-3-9)13-6-7-17-10(8-13)12(15)16/h9-10H,1-8H2,(H,15,16). The van der Waals surface area contributed by atoms with Gasteiger partial charge in [-0.1, -0.05) is 19.3 Å². The number of hydrogen-bond acceptors (Lipinski definition) is 3. The van der Waals surface area contributed by atoms with Gasteiger partial charge in [-0.05, 0) is 12.3 Å². The quantitative estimate of drug-likeness (QED) is 0.793. The van der Waals surface area contributed by atoms with Crippen molar-refractivity contribution in [1.29, 1.82) is 0 Å². The van der Waals surface area contributed by atoms with Gasteiger partial charge in [0.05, 0.1) is 13.2 Å². The van der Waals surface area contributed by atoms with Crippen LogP contribution in [-0.4, -0.2) is 47.7 Å². The monoisotopic (exact) mass is 241 g/mol. The molecule has 1 aliphatic heterocycles. The first kappa shape index (κ1) is 12.4. The van der Waals surface area contributed by atoms with Crippen LogP contribution >= 0.6 is 0 Å². The number of carboxylic acids is 1. The predicted octanol–water partition coefficient (Wildman–Crippen LogP) is 0.879. The van der Waals surface area contributed by atoms with Crippen molar-refractivity contribution >= 4 is 11.9 Å². The Labute approximate surface area is 101 Å².